The van der Waals surface area contributed by atoms with Crippen molar-refractivity contribution in [3.8, 4) is 0 Å². The highest BCUT2D eigenvalue weighted by Crippen LogP contribution is 2.23. The molecule has 0 radical (unpaired) electrons. The third-order valence-electron chi connectivity index (χ3n) is 1.92. The lowest BCUT2D eigenvalue weighted by atomic mass is 10.2. The second-order valence-corrected chi connectivity index (χ2v) is 4.29. The Hall–Kier alpha value is -0.280. The number of thioether (sulfide) groups is 1. The molecule has 1 heterocycles. The predicted octanol–water partition coefficient (Wildman–Crippen LogP) is 2.02. The molecule has 1 aliphatic rings. The van der Waals surface area contributed by atoms with E-state index < -0.39 is 0 Å². The van der Waals surface area contributed by atoms with Gasteiger partial charge in [-0.05, 0) is 31.2 Å². The Morgan fingerprint density at radius 1 is 1.75 bits per heavy atom. The normalized spacial score (nSPS) is 22.6. The average molecular weight is 184 g/mol. The quantitative estimate of drug-likeness (QED) is 0.656. The number of rotatable bonds is 4. The second-order valence-electron chi connectivity index (χ2n) is 3.18. The molecule has 0 amide bonds. The van der Waals surface area contributed by atoms with E-state index in [4.69, 9.17) is 5.41 Å². The van der Waals surface area contributed by atoms with Crippen LogP contribution in [0.3, 0.4) is 0 Å². The summed E-state index contributed by atoms with van der Waals surface area (Å²) in [5.41, 5.74) is 0.721. The molecule has 0 saturated carbocycles. The van der Waals surface area contributed by atoms with Gasteiger partial charge in [0, 0.05) is 17.5 Å². The van der Waals surface area contributed by atoms with Gasteiger partial charge in [0.05, 0.1) is 0 Å². The van der Waals surface area contributed by atoms with Crippen LogP contribution < -0.4 is 5.32 Å². The van der Waals surface area contributed by atoms with Gasteiger partial charge in [-0.3, -0.25) is 0 Å². The Kier molecular flexibility index (Phi) is 3.82. The van der Waals surface area contributed by atoms with Crippen LogP contribution in [0.4, 0.5) is 0 Å². The van der Waals surface area contributed by atoms with Gasteiger partial charge in [0.25, 0.3) is 0 Å². The van der Waals surface area contributed by atoms with Crippen molar-refractivity contribution in [3.05, 3.63) is 11.5 Å². The molecular formula is C9H16N2S. The zero-order valence-corrected chi connectivity index (χ0v) is 8.34. The van der Waals surface area contributed by atoms with Crippen LogP contribution in [-0.2, 0) is 0 Å². The lowest BCUT2D eigenvalue weighted by molar-refractivity contribution is 0.720. The molecule has 1 unspecified atom stereocenters. The Balaban J connectivity index is 2.23. The minimum atomic E-state index is 0.495. The van der Waals surface area contributed by atoms with E-state index in [0.29, 0.717) is 6.04 Å². The summed E-state index contributed by atoms with van der Waals surface area (Å²) in [6, 6.07) is 0.495. The van der Waals surface area contributed by atoms with Gasteiger partial charge in [0.2, 0.25) is 0 Å². The Morgan fingerprint density at radius 3 is 3.00 bits per heavy atom. The highest BCUT2D eigenvalue weighted by atomic mass is 32.2. The molecule has 0 bridgehead atoms. The van der Waals surface area contributed by atoms with Crippen LogP contribution in [0.5, 0.6) is 0 Å². The molecule has 2 N–H and O–H groups in total. The number of hydrogen-bond donors (Lipinski definition) is 2. The molecule has 3 heteroatoms. The van der Waals surface area contributed by atoms with Gasteiger partial charge >= 0.3 is 0 Å². The zero-order valence-electron chi connectivity index (χ0n) is 7.52. The van der Waals surface area contributed by atoms with Crippen molar-refractivity contribution in [3.63, 3.8) is 0 Å². The molecular weight excluding hydrogens is 168 g/mol. The van der Waals surface area contributed by atoms with Crippen LogP contribution in [0.25, 0.3) is 0 Å². The molecule has 1 aliphatic heterocycles. The highest BCUT2D eigenvalue weighted by molar-refractivity contribution is 8.03. The first-order valence-electron chi connectivity index (χ1n) is 4.29. The van der Waals surface area contributed by atoms with Crippen molar-refractivity contribution < 1.29 is 0 Å². The molecule has 0 aromatic rings. The molecule has 0 aromatic carbocycles. The van der Waals surface area contributed by atoms with E-state index in [0.717, 1.165) is 18.0 Å². The Labute approximate surface area is 78.3 Å². The fourth-order valence-corrected chi connectivity index (χ4v) is 2.07. The standard InChI is InChI=1S/C9H16N2S/c1-7(10)6-12-8(2)9-4-3-5-11-9/h9-11H,2-6H2,1H3. The summed E-state index contributed by atoms with van der Waals surface area (Å²) < 4.78 is 0. The Morgan fingerprint density at radius 2 is 2.50 bits per heavy atom. The first-order valence-corrected chi connectivity index (χ1v) is 5.27. The first-order chi connectivity index (χ1) is 5.70. The minimum Gasteiger partial charge on any atom is -0.310 e. The van der Waals surface area contributed by atoms with Crippen LogP contribution in [-0.4, -0.2) is 24.1 Å². The number of nitrogens with one attached hydrogen (secondary N) is 2. The van der Waals surface area contributed by atoms with Gasteiger partial charge in [-0.1, -0.05) is 6.58 Å². The summed E-state index contributed by atoms with van der Waals surface area (Å²) in [5, 5.41) is 10.7. The summed E-state index contributed by atoms with van der Waals surface area (Å²) in [6.45, 7) is 6.97. The minimum absolute atomic E-state index is 0.495. The SMILES string of the molecule is C=C(SCC(C)=N)C1CCCN1. The van der Waals surface area contributed by atoms with Crippen molar-refractivity contribution >= 4 is 17.5 Å². The maximum absolute atomic E-state index is 7.28. The van der Waals surface area contributed by atoms with Crippen LogP contribution in [0.2, 0.25) is 0 Å². The van der Waals surface area contributed by atoms with Crippen LogP contribution >= 0.6 is 11.8 Å². The molecule has 1 saturated heterocycles. The predicted molar refractivity (Wildman–Crippen MR) is 56.0 cm³/mol. The van der Waals surface area contributed by atoms with E-state index in [2.05, 4.69) is 11.9 Å². The van der Waals surface area contributed by atoms with Crippen LogP contribution in [0.1, 0.15) is 19.8 Å². The van der Waals surface area contributed by atoms with Gasteiger partial charge < -0.3 is 10.7 Å². The third-order valence-corrected chi connectivity index (χ3v) is 3.16. The molecule has 0 aliphatic carbocycles. The van der Waals surface area contributed by atoms with Crippen molar-refractivity contribution in [2.24, 2.45) is 0 Å². The van der Waals surface area contributed by atoms with Crippen LogP contribution in [0, 0.1) is 5.41 Å². The lowest BCUT2D eigenvalue weighted by Crippen LogP contribution is -2.22. The fraction of sp³-hybridized carbons (Fsp3) is 0.667. The molecule has 12 heavy (non-hydrogen) atoms. The summed E-state index contributed by atoms with van der Waals surface area (Å²) >= 11 is 1.70. The molecule has 0 aromatic heterocycles. The second kappa shape index (κ2) is 4.67. The molecule has 1 fully saturated rings. The average Bonchev–Trinajstić information content (AvgIpc) is 2.51. The van der Waals surface area contributed by atoms with Crippen molar-refractivity contribution in [2.75, 3.05) is 12.3 Å². The smallest absolute Gasteiger partial charge is 0.0374 e. The fourth-order valence-electron chi connectivity index (χ4n) is 1.26. The molecule has 2 nitrogen and oxygen atoms in total. The van der Waals surface area contributed by atoms with Crippen molar-refractivity contribution in [1.29, 1.82) is 5.41 Å². The largest absolute Gasteiger partial charge is 0.310 e. The number of hydrogen-bond acceptors (Lipinski definition) is 3. The maximum atomic E-state index is 7.28. The highest BCUT2D eigenvalue weighted by Gasteiger charge is 2.16. The van der Waals surface area contributed by atoms with E-state index in [1.807, 2.05) is 6.92 Å². The van der Waals surface area contributed by atoms with E-state index >= 15 is 0 Å². The van der Waals surface area contributed by atoms with E-state index in [9.17, 15) is 0 Å². The Bertz CT molecular complexity index is 183. The van der Waals surface area contributed by atoms with E-state index in [1.54, 1.807) is 11.8 Å². The molecule has 68 valence electrons. The summed E-state index contributed by atoms with van der Waals surface area (Å²) in [5.74, 6) is 0.789. The zero-order chi connectivity index (χ0) is 8.97. The van der Waals surface area contributed by atoms with Crippen molar-refractivity contribution in [1.82, 2.24) is 5.32 Å². The first kappa shape index (κ1) is 9.81. The van der Waals surface area contributed by atoms with Gasteiger partial charge in [0.1, 0.15) is 0 Å². The van der Waals surface area contributed by atoms with E-state index in [1.165, 1.54) is 17.7 Å². The lowest BCUT2D eigenvalue weighted by Gasteiger charge is -2.12. The summed E-state index contributed by atoms with van der Waals surface area (Å²) in [6.07, 6.45) is 2.47. The van der Waals surface area contributed by atoms with Gasteiger partial charge in [-0.2, -0.15) is 0 Å². The summed E-state index contributed by atoms with van der Waals surface area (Å²) in [7, 11) is 0. The van der Waals surface area contributed by atoms with Gasteiger partial charge in [-0.25, -0.2) is 0 Å². The van der Waals surface area contributed by atoms with E-state index in [-0.39, 0.29) is 0 Å². The topological polar surface area (TPSA) is 35.9 Å². The van der Waals surface area contributed by atoms with Crippen molar-refractivity contribution in [2.45, 2.75) is 25.8 Å². The molecule has 1 atom stereocenters. The van der Waals surface area contributed by atoms with Gasteiger partial charge in [0.15, 0.2) is 0 Å². The molecule has 0 spiro atoms. The monoisotopic (exact) mass is 184 g/mol. The summed E-state index contributed by atoms with van der Waals surface area (Å²) in [4.78, 5) is 1.19. The van der Waals surface area contributed by atoms with Gasteiger partial charge in [-0.15, -0.1) is 11.8 Å². The van der Waals surface area contributed by atoms with Crippen LogP contribution in [0.15, 0.2) is 11.5 Å². The molecule has 1 rings (SSSR count). The maximum Gasteiger partial charge on any atom is 0.0374 e. The third kappa shape index (κ3) is 2.99.